The van der Waals surface area contributed by atoms with Crippen LogP contribution < -0.4 is 15.2 Å². The fourth-order valence-corrected chi connectivity index (χ4v) is 2.94. The van der Waals surface area contributed by atoms with Crippen molar-refractivity contribution in [2.75, 3.05) is 20.3 Å². The van der Waals surface area contributed by atoms with Crippen LogP contribution in [0.3, 0.4) is 0 Å². The molecule has 2 heterocycles. The molecule has 106 valence electrons. The number of carbonyl (C=O) groups excluding carboxylic acids is 1. The molecule has 7 heteroatoms. The van der Waals surface area contributed by atoms with Gasteiger partial charge in [0.15, 0.2) is 11.5 Å². The predicted octanol–water partition coefficient (Wildman–Crippen LogP) is 2.07. The minimum Gasteiger partial charge on any atom is -0.490 e. The highest BCUT2D eigenvalue weighted by molar-refractivity contribution is 9.10. The van der Waals surface area contributed by atoms with Gasteiger partial charge >= 0.3 is 6.03 Å². The standard InChI is InChI=1S/C13H14BrN3O3/c1-17-10(12(15)16-13(17)18)7-5-8(14)11-9(6-7)19-3-2-4-20-11/h5-6,10H,2-4H2,1H3,(H2,15,16,18). The Kier molecular flexibility index (Phi) is 3.29. The van der Waals surface area contributed by atoms with Gasteiger partial charge < -0.3 is 20.1 Å². The van der Waals surface area contributed by atoms with Gasteiger partial charge in [0, 0.05) is 13.5 Å². The summed E-state index contributed by atoms with van der Waals surface area (Å²) in [6.45, 7) is 1.22. The number of amides is 2. The number of hydrogen-bond donors (Lipinski definition) is 1. The zero-order chi connectivity index (χ0) is 14.3. The Labute approximate surface area is 124 Å². The normalized spacial score (nSPS) is 21.7. The molecular weight excluding hydrogens is 326 g/mol. The van der Waals surface area contributed by atoms with Crippen LogP contribution in [0.5, 0.6) is 11.5 Å². The van der Waals surface area contributed by atoms with Crippen molar-refractivity contribution in [2.45, 2.75) is 12.5 Å². The van der Waals surface area contributed by atoms with E-state index >= 15 is 0 Å². The van der Waals surface area contributed by atoms with Gasteiger partial charge in [-0.2, -0.15) is 4.99 Å². The molecule has 1 aromatic rings. The summed E-state index contributed by atoms with van der Waals surface area (Å²) in [7, 11) is 1.67. The number of urea groups is 1. The lowest BCUT2D eigenvalue weighted by atomic mass is 10.0. The van der Waals surface area contributed by atoms with E-state index in [-0.39, 0.29) is 12.1 Å². The maximum atomic E-state index is 11.6. The summed E-state index contributed by atoms with van der Waals surface area (Å²) in [5.74, 6) is 1.64. The van der Waals surface area contributed by atoms with Crippen LogP contribution in [0, 0.1) is 0 Å². The van der Waals surface area contributed by atoms with Crippen LogP contribution in [0.1, 0.15) is 18.0 Å². The van der Waals surface area contributed by atoms with E-state index in [4.69, 9.17) is 15.2 Å². The molecule has 1 atom stereocenters. The van der Waals surface area contributed by atoms with Crippen LogP contribution in [-0.2, 0) is 0 Å². The Balaban J connectivity index is 2.03. The fourth-order valence-electron chi connectivity index (χ4n) is 2.36. The summed E-state index contributed by atoms with van der Waals surface area (Å²) in [5, 5.41) is 0. The number of benzene rings is 1. The number of halogens is 1. The van der Waals surface area contributed by atoms with Gasteiger partial charge in [0.25, 0.3) is 0 Å². The molecule has 3 rings (SSSR count). The smallest absolute Gasteiger partial charge is 0.345 e. The summed E-state index contributed by atoms with van der Waals surface area (Å²) in [6.07, 6.45) is 0.835. The van der Waals surface area contributed by atoms with E-state index in [1.807, 2.05) is 12.1 Å². The highest BCUT2D eigenvalue weighted by Gasteiger charge is 2.33. The zero-order valence-electron chi connectivity index (χ0n) is 10.9. The van der Waals surface area contributed by atoms with E-state index in [0.29, 0.717) is 30.5 Å². The third-order valence-corrected chi connectivity index (χ3v) is 3.92. The van der Waals surface area contributed by atoms with Crippen LogP contribution in [0.2, 0.25) is 0 Å². The number of ether oxygens (including phenoxy) is 2. The highest BCUT2D eigenvalue weighted by atomic mass is 79.9. The molecule has 1 unspecified atom stereocenters. The molecule has 6 nitrogen and oxygen atoms in total. The minimum absolute atomic E-state index is 0.291. The van der Waals surface area contributed by atoms with Crippen LogP contribution in [0.25, 0.3) is 0 Å². The second-order valence-electron chi connectivity index (χ2n) is 4.71. The van der Waals surface area contributed by atoms with E-state index in [0.717, 1.165) is 16.5 Å². The molecule has 1 aromatic carbocycles. The lowest BCUT2D eigenvalue weighted by Gasteiger charge is -2.21. The molecule has 0 aliphatic carbocycles. The maximum Gasteiger partial charge on any atom is 0.345 e. The fraction of sp³-hybridized carbons (Fsp3) is 0.385. The first-order valence-corrected chi connectivity index (χ1v) is 7.07. The van der Waals surface area contributed by atoms with Crippen molar-refractivity contribution in [3.05, 3.63) is 22.2 Å². The van der Waals surface area contributed by atoms with Crippen molar-refractivity contribution in [1.29, 1.82) is 0 Å². The number of rotatable bonds is 1. The SMILES string of the molecule is CN1C(=O)N=C(N)C1c1cc(Br)c2c(c1)OCCCO2. The van der Waals surface area contributed by atoms with E-state index in [2.05, 4.69) is 20.9 Å². The Hall–Kier alpha value is -1.76. The highest BCUT2D eigenvalue weighted by Crippen LogP contribution is 2.41. The molecule has 2 aliphatic rings. The predicted molar refractivity (Wildman–Crippen MR) is 77.3 cm³/mol. The van der Waals surface area contributed by atoms with Crippen LogP contribution >= 0.6 is 15.9 Å². The Morgan fingerprint density at radius 1 is 1.40 bits per heavy atom. The van der Waals surface area contributed by atoms with Gasteiger partial charge in [-0.1, -0.05) is 0 Å². The molecule has 0 saturated heterocycles. The van der Waals surface area contributed by atoms with Crippen LogP contribution in [0.15, 0.2) is 21.6 Å². The number of aliphatic imine (C=N–C) groups is 1. The van der Waals surface area contributed by atoms with Gasteiger partial charge in [-0.05, 0) is 33.6 Å². The van der Waals surface area contributed by atoms with Crippen LogP contribution in [-0.4, -0.2) is 37.0 Å². The summed E-state index contributed by atoms with van der Waals surface area (Å²) in [4.78, 5) is 16.9. The largest absolute Gasteiger partial charge is 0.490 e. The van der Waals surface area contributed by atoms with Gasteiger partial charge in [0.1, 0.15) is 11.9 Å². The number of fused-ring (bicyclic) bond motifs is 1. The van der Waals surface area contributed by atoms with Gasteiger partial charge in [-0.3, -0.25) is 0 Å². The topological polar surface area (TPSA) is 77.2 Å². The molecule has 2 aliphatic heterocycles. The first-order valence-electron chi connectivity index (χ1n) is 6.28. The first-order chi connectivity index (χ1) is 9.58. The summed E-state index contributed by atoms with van der Waals surface area (Å²) in [5.41, 5.74) is 6.69. The first kappa shape index (κ1) is 13.2. The number of nitrogens with two attached hydrogens (primary N) is 1. The molecule has 2 N–H and O–H groups in total. The van der Waals surface area contributed by atoms with Crippen LogP contribution in [0.4, 0.5) is 4.79 Å². The van der Waals surface area contributed by atoms with Gasteiger partial charge in [0.05, 0.1) is 17.7 Å². The van der Waals surface area contributed by atoms with Crippen molar-refractivity contribution in [3.63, 3.8) is 0 Å². The van der Waals surface area contributed by atoms with E-state index in [1.165, 1.54) is 4.90 Å². The molecular formula is C13H14BrN3O3. The van der Waals surface area contributed by atoms with Crippen molar-refractivity contribution >= 4 is 27.8 Å². The minimum atomic E-state index is -0.365. The third-order valence-electron chi connectivity index (χ3n) is 3.33. The number of hydrogen-bond acceptors (Lipinski definition) is 4. The number of amidine groups is 1. The summed E-state index contributed by atoms with van der Waals surface area (Å²) < 4.78 is 12.1. The Morgan fingerprint density at radius 2 is 2.15 bits per heavy atom. The molecule has 0 bridgehead atoms. The molecule has 0 radical (unpaired) electrons. The second-order valence-corrected chi connectivity index (χ2v) is 5.57. The van der Waals surface area contributed by atoms with Crippen molar-refractivity contribution in [2.24, 2.45) is 10.7 Å². The molecule has 0 saturated carbocycles. The van der Waals surface area contributed by atoms with Gasteiger partial charge in [0.2, 0.25) is 0 Å². The van der Waals surface area contributed by atoms with E-state index < -0.39 is 0 Å². The lowest BCUT2D eigenvalue weighted by Crippen LogP contribution is -2.30. The summed E-state index contributed by atoms with van der Waals surface area (Å²) >= 11 is 3.48. The van der Waals surface area contributed by atoms with Crippen molar-refractivity contribution in [3.8, 4) is 11.5 Å². The Bertz CT molecular complexity index is 603. The van der Waals surface area contributed by atoms with E-state index in [1.54, 1.807) is 7.05 Å². The number of likely N-dealkylation sites (N-methyl/N-ethyl adjacent to an activating group) is 1. The maximum absolute atomic E-state index is 11.6. The molecule has 20 heavy (non-hydrogen) atoms. The van der Waals surface area contributed by atoms with E-state index in [9.17, 15) is 4.79 Å². The molecule has 2 amide bonds. The second kappa shape index (κ2) is 4.97. The summed E-state index contributed by atoms with van der Waals surface area (Å²) in [6, 6.07) is 3.04. The van der Waals surface area contributed by atoms with Crippen molar-refractivity contribution in [1.82, 2.24) is 4.90 Å². The quantitative estimate of drug-likeness (QED) is 0.849. The van der Waals surface area contributed by atoms with Gasteiger partial charge in [-0.25, -0.2) is 4.79 Å². The van der Waals surface area contributed by atoms with Crippen molar-refractivity contribution < 1.29 is 14.3 Å². The molecule has 0 spiro atoms. The average Bonchev–Trinajstić information content (AvgIpc) is 2.58. The number of nitrogens with zero attached hydrogens (tertiary/aromatic N) is 2. The Morgan fingerprint density at radius 3 is 2.85 bits per heavy atom. The molecule has 0 fully saturated rings. The third kappa shape index (κ3) is 2.11. The average molecular weight is 340 g/mol. The number of carbonyl (C=O) groups is 1. The lowest BCUT2D eigenvalue weighted by molar-refractivity contribution is 0.218. The monoisotopic (exact) mass is 339 g/mol. The molecule has 0 aromatic heterocycles. The van der Waals surface area contributed by atoms with Gasteiger partial charge in [-0.15, -0.1) is 0 Å². The zero-order valence-corrected chi connectivity index (χ0v) is 12.5.